The number of nitrogens with one attached hydrogen (secondary N) is 1. The van der Waals surface area contributed by atoms with Crippen molar-refractivity contribution in [3.63, 3.8) is 0 Å². The molecule has 17 heavy (non-hydrogen) atoms. The van der Waals surface area contributed by atoms with Crippen LogP contribution in [0.3, 0.4) is 0 Å². The topological polar surface area (TPSA) is 50.7 Å². The van der Waals surface area contributed by atoms with Gasteiger partial charge >= 0.3 is 0 Å². The van der Waals surface area contributed by atoms with Crippen LogP contribution in [0.5, 0.6) is 0 Å². The molecule has 1 aromatic carbocycles. The van der Waals surface area contributed by atoms with Crippen molar-refractivity contribution in [1.29, 1.82) is 0 Å². The zero-order valence-corrected chi connectivity index (χ0v) is 10.3. The van der Waals surface area contributed by atoms with E-state index < -0.39 is 0 Å². The molecule has 3 rings (SSSR count). The Morgan fingerprint density at radius 2 is 2.12 bits per heavy atom. The molecule has 0 amide bonds. The number of hydrogen-bond acceptors (Lipinski definition) is 5. The fourth-order valence-corrected chi connectivity index (χ4v) is 3.22. The maximum Gasteiger partial charge on any atom is 0.243 e. The molecule has 2 aromatic rings. The van der Waals surface area contributed by atoms with Crippen molar-refractivity contribution in [2.24, 2.45) is 5.92 Å². The summed E-state index contributed by atoms with van der Waals surface area (Å²) in [6.45, 7) is 0.951. The van der Waals surface area contributed by atoms with E-state index in [0.717, 1.165) is 23.5 Å². The lowest BCUT2D eigenvalue weighted by atomic mass is 10.1. The highest BCUT2D eigenvalue weighted by Gasteiger charge is 2.15. The quantitative estimate of drug-likeness (QED) is 0.899. The van der Waals surface area contributed by atoms with E-state index in [4.69, 9.17) is 0 Å². The molecule has 5 heteroatoms. The summed E-state index contributed by atoms with van der Waals surface area (Å²) in [7, 11) is 0. The monoisotopic (exact) mass is 246 g/mol. The molecular weight excluding hydrogens is 232 g/mol. The fourth-order valence-electron chi connectivity index (χ4n) is 1.94. The van der Waals surface area contributed by atoms with E-state index >= 15 is 0 Å². The van der Waals surface area contributed by atoms with E-state index in [0.29, 0.717) is 5.95 Å². The summed E-state index contributed by atoms with van der Waals surface area (Å²) in [6.07, 6.45) is 1.29. The maximum absolute atomic E-state index is 4.44. The summed E-state index contributed by atoms with van der Waals surface area (Å²) < 4.78 is 0. The molecule has 0 saturated carbocycles. The Kier molecular flexibility index (Phi) is 3.09. The van der Waals surface area contributed by atoms with Gasteiger partial charge in [0.2, 0.25) is 5.95 Å². The van der Waals surface area contributed by atoms with Crippen molar-refractivity contribution in [3.8, 4) is 0 Å². The summed E-state index contributed by atoms with van der Waals surface area (Å²) in [4.78, 5) is 4.44. The van der Waals surface area contributed by atoms with Gasteiger partial charge in [0.05, 0.1) is 5.52 Å². The van der Waals surface area contributed by atoms with Crippen molar-refractivity contribution >= 4 is 28.7 Å². The number of nitrogens with zero attached hydrogens (tertiary/aromatic N) is 3. The molecule has 2 heterocycles. The van der Waals surface area contributed by atoms with Gasteiger partial charge in [-0.2, -0.15) is 11.8 Å². The number of hydrogen-bond donors (Lipinski definition) is 1. The number of thioether (sulfide) groups is 1. The second-order valence-corrected chi connectivity index (χ2v) is 5.38. The molecular formula is C12H14N4S. The van der Waals surface area contributed by atoms with Crippen LogP contribution in [0.1, 0.15) is 6.42 Å². The standard InChI is InChI=1S/C12H14N4S/c1-2-4-11-10(3-1)14-12(16-15-11)13-7-9-5-6-17-8-9/h1-4,9H,5-8H2,(H,13,14,16). The average Bonchev–Trinajstić information content (AvgIpc) is 2.89. The van der Waals surface area contributed by atoms with Crippen LogP contribution in [-0.4, -0.2) is 33.2 Å². The first-order valence-electron chi connectivity index (χ1n) is 5.83. The molecule has 1 aliphatic rings. The lowest BCUT2D eigenvalue weighted by Crippen LogP contribution is -2.15. The average molecular weight is 246 g/mol. The van der Waals surface area contributed by atoms with Crippen LogP contribution in [0.25, 0.3) is 11.0 Å². The normalized spacial score (nSPS) is 19.6. The molecule has 1 unspecified atom stereocenters. The Bertz CT molecular complexity index is 511. The third-order valence-corrected chi connectivity index (χ3v) is 4.16. The first-order chi connectivity index (χ1) is 8.42. The maximum atomic E-state index is 4.44. The Morgan fingerprint density at radius 3 is 2.94 bits per heavy atom. The van der Waals surface area contributed by atoms with Gasteiger partial charge in [-0.15, -0.1) is 10.2 Å². The number of rotatable bonds is 3. The predicted octanol–water partition coefficient (Wildman–Crippen LogP) is 2.19. The van der Waals surface area contributed by atoms with E-state index in [2.05, 4.69) is 20.5 Å². The third-order valence-electron chi connectivity index (χ3n) is 2.93. The summed E-state index contributed by atoms with van der Waals surface area (Å²) in [5, 5.41) is 11.5. The van der Waals surface area contributed by atoms with Crippen molar-refractivity contribution in [1.82, 2.24) is 15.2 Å². The molecule has 0 spiro atoms. The zero-order chi connectivity index (χ0) is 11.5. The van der Waals surface area contributed by atoms with Crippen LogP contribution in [0.2, 0.25) is 0 Å². The van der Waals surface area contributed by atoms with E-state index in [9.17, 15) is 0 Å². The molecule has 0 aliphatic carbocycles. The van der Waals surface area contributed by atoms with Gasteiger partial charge < -0.3 is 5.32 Å². The highest BCUT2D eigenvalue weighted by atomic mass is 32.2. The number of anilines is 1. The second kappa shape index (κ2) is 4.87. The summed E-state index contributed by atoms with van der Waals surface area (Å²) in [5.41, 5.74) is 1.74. The molecule has 0 bridgehead atoms. The molecule has 88 valence electrons. The van der Waals surface area contributed by atoms with Gasteiger partial charge in [-0.1, -0.05) is 12.1 Å². The fraction of sp³-hybridized carbons (Fsp3) is 0.417. The van der Waals surface area contributed by atoms with E-state index in [1.165, 1.54) is 17.9 Å². The molecule has 0 radical (unpaired) electrons. The highest BCUT2D eigenvalue weighted by molar-refractivity contribution is 7.99. The highest BCUT2D eigenvalue weighted by Crippen LogP contribution is 2.23. The SMILES string of the molecule is c1ccc2nc(NCC3CCSC3)nnc2c1. The largest absolute Gasteiger partial charge is 0.353 e. The van der Waals surface area contributed by atoms with Crippen LogP contribution >= 0.6 is 11.8 Å². The third kappa shape index (κ3) is 2.49. The molecule has 1 aliphatic heterocycles. The van der Waals surface area contributed by atoms with Gasteiger partial charge in [-0.25, -0.2) is 4.98 Å². The molecule has 1 atom stereocenters. The van der Waals surface area contributed by atoms with Crippen LogP contribution in [0, 0.1) is 5.92 Å². The molecule has 1 saturated heterocycles. The Labute approximate surface area is 104 Å². The minimum Gasteiger partial charge on any atom is -0.353 e. The van der Waals surface area contributed by atoms with Crippen LogP contribution in [-0.2, 0) is 0 Å². The smallest absolute Gasteiger partial charge is 0.243 e. The van der Waals surface area contributed by atoms with Crippen molar-refractivity contribution in [2.45, 2.75) is 6.42 Å². The van der Waals surface area contributed by atoms with E-state index in [1.54, 1.807) is 0 Å². The van der Waals surface area contributed by atoms with E-state index in [-0.39, 0.29) is 0 Å². The molecule has 1 fully saturated rings. The second-order valence-electron chi connectivity index (χ2n) is 4.23. The van der Waals surface area contributed by atoms with Crippen molar-refractivity contribution < 1.29 is 0 Å². The lowest BCUT2D eigenvalue weighted by Gasteiger charge is -2.09. The zero-order valence-electron chi connectivity index (χ0n) is 9.47. The minimum atomic E-state index is 0.639. The molecule has 1 N–H and O–H groups in total. The van der Waals surface area contributed by atoms with Crippen molar-refractivity contribution in [3.05, 3.63) is 24.3 Å². The minimum absolute atomic E-state index is 0.639. The Hall–Kier alpha value is -1.36. The van der Waals surface area contributed by atoms with Gasteiger partial charge in [0.15, 0.2) is 0 Å². The molecule has 4 nitrogen and oxygen atoms in total. The molecule has 1 aromatic heterocycles. The summed E-state index contributed by atoms with van der Waals surface area (Å²) in [6, 6.07) is 7.79. The Morgan fingerprint density at radius 1 is 1.24 bits per heavy atom. The van der Waals surface area contributed by atoms with Gasteiger partial charge in [0.25, 0.3) is 0 Å². The number of fused-ring (bicyclic) bond motifs is 1. The van der Waals surface area contributed by atoms with Gasteiger partial charge in [-0.05, 0) is 36.0 Å². The van der Waals surface area contributed by atoms with Gasteiger partial charge in [-0.3, -0.25) is 0 Å². The lowest BCUT2D eigenvalue weighted by molar-refractivity contribution is 0.628. The van der Waals surface area contributed by atoms with Gasteiger partial charge in [0, 0.05) is 6.54 Å². The van der Waals surface area contributed by atoms with Crippen LogP contribution < -0.4 is 5.32 Å². The number of aromatic nitrogens is 3. The Balaban J connectivity index is 1.72. The number of benzene rings is 1. The summed E-state index contributed by atoms with van der Waals surface area (Å²) >= 11 is 2.02. The number of para-hydroxylation sites is 1. The van der Waals surface area contributed by atoms with E-state index in [1.807, 2.05) is 36.0 Å². The van der Waals surface area contributed by atoms with Crippen molar-refractivity contribution in [2.75, 3.05) is 23.4 Å². The first-order valence-corrected chi connectivity index (χ1v) is 6.98. The van der Waals surface area contributed by atoms with Gasteiger partial charge in [0.1, 0.15) is 5.52 Å². The predicted molar refractivity (Wildman–Crippen MR) is 71.3 cm³/mol. The first kappa shape index (κ1) is 10.8. The van der Waals surface area contributed by atoms with Crippen LogP contribution in [0.4, 0.5) is 5.95 Å². The van der Waals surface area contributed by atoms with Crippen LogP contribution in [0.15, 0.2) is 24.3 Å². The summed E-state index contributed by atoms with van der Waals surface area (Å²) in [5.74, 6) is 3.91.